The van der Waals surface area contributed by atoms with Crippen LogP contribution in [0.1, 0.15) is 5.56 Å². The van der Waals surface area contributed by atoms with E-state index in [1.807, 2.05) is 0 Å². The third-order valence-corrected chi connectivity index (χ3v) is 1.91. The predicted molar refractivity (Wildman–Crippen MR) is 46.5 cm³/mol. The minimum atomic E-state index is -0.326. The molecule has 0 saturated heterocycles. The fourth-order valence-corrected chi connectivity index (χ4v) is 1.29. The maximum atomic E-state index is 10.9. The molecule has 2 N–H and O–H groups in total. The molecule has 0 spiro atoms. The Morgan fingerprint density at radius 3 is 3.15 bits per heavy atom. The molecule has 0 fully saturated rings. The minimum Gasteiger partial charge on any atom is -0.423 e. The Hall–Kier alpha value is -1.55. The number of benzene rings is 1. The lowest BCUT2D eigenvalue weighted by Gasteiger charge is -2.19. The summed E-state index contributed by atoms with van der Waals surface area (Å²) in [5.41, 5.74) is 1.38. The predicted octanol–water partition coefficient (Wildman–Crippen LogP) is 0.510. The number of nitrogens with one attached hydrogen (secondary N) is 1. The molecule has 0 bridgehead atoms. The number of hydrogen-bond donors (Lipinski definition) is 2. The van der Waals surface area contributed by atoms with Gasteiger partial charge in [-0.15, -0.1) is 0 Å². The standard InChI is InChI=1S/C9H9NO3/c11-5-6-2-1-3-7-9(6)13-8(12)4-10-7/h1-3,10-11H,4-5H2. The molecule has 0 aromatic heterocycles. The van der Waals surface area contributed by atoms with E-state index in [2.05, 4.69) is 5.32 Å². The molecule has 0 unspecified atom stereocenters. The molecule has 13 heavy (non-hydrogen) atoms. The van der Waals surface area contributed by atoms with Crippen molar-refractivity contribution in [2.45, 2.75) is 6.61 Å². The van der Waals surface area contributed by atoms with Crippen molar-refractivity contribution in [3.05, 3.63) is 23.8 Å². The zero-order valence-corrected chi connectivity index (χ0v) is 6.91. The van der Waals surface area contributed by atoms with Crippen LogP contribution in [0, 0.1) is 0 Å². The average molecular weight is 179 g/mol. The molecule has 0 amide bonds. The average Bonchev–Trinajstić information content (AvgIpc) is 2.17. The van der Waals surface area contributed by atoms with Gasteiger partial charge in [0.15, 0.2) is 5.75 Å². The number of fused-ring (bicyclic) bond motifs is 1. The number of aliphatic hydroxyl groups is 1. The third kappa shape index (κ3) is 1.36. The van der Waals surface area contributed by atoms with Crippen molar-refractivity contribution in [2.24, 2.45) is 0 Å². The second-order valence-electron chi connectivity index (χ2n) is 2.78. The molecule has 0 aliphatic carbocycles. The summed E-state index contributed by atoms with van der Waals surface area (Å²) >= 11 is 0. The number of rotatable bonds is 1. The van der Waals surface area contributed by atoms with Gasteiger partial charge in [0.25, 0.3) is 0 Å². The summed E-state index contributed by atoms with van der Waals surface area (Å²) in [4.78, 5) is 10.9. The molecule has 68 valence electrons. The number of carbonyl (C=O) groups excluding carboxylic acids is 1. The maximum absolute atomic E-state index is 10.9. The number of aliphatic hydroxyl groups excluding tert-OH is 1. The monoisotopic (exact) mass is 179 g/mol. The fraction of sp³-hybridized carbons (Fsp3) is 0.222. The molecule has 0 radical (unpaired) electrons. The van der Waals surface area contributed by atoms with E-state index in [1.54, 1.807) is 18.2 Å². The highest BCUT2D eigenvalue weighted by molar-refractivity contribution is 5.84. The van der Waals surface area contributed by atoms with Crippen LogP contribution >= 0.6 is 0 Å². The largest absolute Gasteiger partial charge is 0.423 e. The smallest absolute Gasteiger partial charge is 0.330 e. The molecule has 1 aliphatic heterocycles. The molecule has 1 aromatic carbocycles. The van der Waals surface area contributed by atoms with Crippen molar-refractivity contribution in [2.75, 3.05) is 11.9 Å². The first-order valence-corrected chi connectivity index (χ1v) is 3.98. The molecule has 0 saturated carbocycles. The van der Waals surface area contributed by atoms with Crippen LogP contribution in [-0.2, 0) is 11.4 Å². The summed E-state index contributed by atoms with van der Waals surface area (Å²) in [6.07, 6.45) is 0. The van der Waals surface area contributed by atoms with E-state index in [0.717, 1.165) is 5.69 Å². The van der Waals surface area contributed by atoms with E-state index in [4.69, 9.17) is 9.84 Å². The van der Waals surface area contributed by atoms with E-state index in [-0.39, 0.29) is 19.1 Å². The van der Waals surface area contributed by atoms with Gasteiger partial charge in [-0.25, -0.2) is 4.79 Å². The molecular weight excluding hydrogens is 170 g/mol. The fourth-order valence-electron chi connectivity index (χ4n) is 1.29. The van der Waals surface area contributed by atoms with Crippen molar-refractivity contribution in [3.63, 3.8) is 0 Å². The third-order valence-electron chi connectivity index (χ3n) is 1.91. The van der Waals surface area contributed by atoms with E-state index in [9.17, 15) is 4.79 Å². The quantitative estimate of drug-likeness (QED) is 0.487. The number of esters is 1. The summed E-state index contributed by atoms with van der Waals surface area (Å²) in [7, 11) is 0. The highest BCUT2D eigenvalue weighted by atomic mass is 16.5. The molecule has 1 aliphatic rings. The van der Waals surface area contributed by atoms with Gasteiger partial charge in [-0.1, -0.05) is 12.1 Å². The zero-order valence-electron chi connectivity index (χ0n) is 6.91. The number of anilines is 1. The SMILES string of the molecule is O=C1CNc2cccc(CO)c2O1. The summed E-state index contributed by atoms with van der Waals surface area (Å²) in [6, 6.07) is 5.33. The van der Waals surface area contributed by atoms with Gasteiger partial charge >= 0.3 is 5.97 Å². The van der Waals surface area contributed by atoms with Crippen LogP contribution < -0.4 is 10.1 Å². The number of carbonyl (C=O) groups is 1. The van der Waals surface area contributed by atoms with Crippen molar-refractivity contribution in [1.82, 2.24) is 0 Å². The lowest BCUT2D eigenvalue weighted by atomic mass is 10.1. The van der Waals surface area contributed by atoms with E-state index < -0.39 is 0 Å². The first-order valence-electron chi connectivity index (χ1n) is 3.98. The Morgan fingerprint density at radius 1 is 1.54 bits per heavy atom. The van der Waals surface area contributed by atoms with Gasteiger partial charge in [-0.05, 0) is 6.07 Å². The molecular formula is C9H9NO3. The highest BCUT2D eigenvalue weighted by Crippen LogP contribution is 2.31. The van der Waals surface area contributed by atoms with Gasteiger partial charge in [-0.3, -0.25) is 0 Å². The van der Waals surface area contributed by atoms with Gasteiger partial charge in [0.2, 0.25) is 0 Å². The summed E-state index contributed by atoms with van der Waals surface area (Å²) in [5, 5.41) is 11.9. The molecule has 0 atom stereocenters. The molecule has 4 nitrogen and oxygen atoms in total. The minimum absolute atomic E-state index is 0.127. The van der Waals surface area contributed by atoms with Crippen LogP contribution in [0.4, 0.5) is 5.69 Å². The maximum Gasteiger partial charge on any atom is 0.330 e. The second kappa shape index (κ2) is 3.06. The molecule has 1 heterocycles. The lowest BCUT2D eigenvalue weighted by molar-refractivity contribution is -0.132. The Bertz CT molecular complexity index is 334. The Labute approximate surface area is 75.1 Å². The van der Waals surface area contributed by atoms with Crippen LogP contribution in [0.3, 0.4) is 0 Å². The summed E-state index contributed by atoms with van der Waals surface area (Å²) in [6.45, 7) is 0.0556. The van der Waals surface area contributed by atoms with Crippen molar-refractivity contribution in [1.29, 1.82) is 0 Å². The Kier molecular flexibility index (Phi) is 1.90. The van der Waals surface area contributed by atoms with Crippen molar-refractivity contribution < 1.29 is 14.6 Å². The van der Waals surface area contributed by atoms with Crippen LogP contribution in [0.25, 0.3) is 0 Å². The van der Waals surface area contributed by atoms with Crippen molar-refractivity contribution in [3.8, 4) is 5.75 Å². The van der Waals surface area contributed by atoms with E-state index in [0.29, 0.717) is 11.3 Å². The van der Waals surface area contributed by atoms with E-state index >= 15 is 0 Å². The Balaban J connectivity index is 2.46. The van der Waals surface area contributed by atoms with Crippen LogP contribution in [-0.4, -0.2) is 17.6 Å². The summed E-state index contributed by atoms with van der Waals surface area (Å²) < 4.78 is 4.99. The number of hydrogen-bond acceptors (Lipinski definition) is 4. The second-order valence-corrected chi connectivity index (χ2v) is 2.78. The van der Waals surface area contributed by atoms with Gasteiger partial charge in [-0.2, -0.15) is 0 Å². The number of para-hydroxylation sites is 1. The van der Waals surface area contributed by atoms with Crippen LogP contribution in [0.15, 0.2) is 18.2 Å². The molecule has 2 rings (SSSR count). The molecule has 1 aromatic rings. The first kappa shape index (κ1) is 8.07. The lowest BCUT2D eigenvalue weighted by Crippen LogP contribution is -2.25. The molecule has 4 heteroatoms. The Morgan fingerprint density at radius 2 is 2.38 bits per heavy atom. The number of ether oxygens (including phenoxy) is 1. The normalized spacial score (nSPS) is 14.4. The van der Waals surface area contributed by atoms with Gasteiger partial charge in [0.1, 0.15) is 6.54 Å². The van der Waals surface area contributed by atoms with Gasteiger partial charge < -0.3 is 15.2 Å². The van der Waals surface area contributed by atoms with E-state index in [1.165, 1.54) is 0 Å². The van der Waals surface area contributed by atoms with Gasteiger partial charge in [0, 0.05) is 5.56 Å². The van der Waals surface area contributed by atoms with Gasteiger partial charge in [0.05, 0.1) is 12.3 Å². The van der Waals surface area contributed by atoms with Crippen LogP contribution in [0.5, 0.6) is 5.75 Å². The topological polar surface area (TPSA) is 58.6 Å². The highest BCUT2D eigenvalue weighted by Gasteiger charge is 2.18. The summed E-state index contributed by atoms with van der Waals surface area (Å²) in [5.74, 6) is 0.120. The first-order chi connectivity index (χ1) is 6.31. The van der Waals surface area contributed by atoms with Crippen LogP contribution in [0.2, 0.25) is 0 Å². The van der Waals surface area contributed by atoms with Crippen molar-refractivity contribution >= 4 is 11.7 Å². The zero-order chi connectivity index (χ0) is 9.26.